The molecule has 1 fully saturated rings. The lowest BCUT2D eigenvalue weighted by Crippen LogP contribution is -2.46. The van der Waals surface area contributed by atoms with Gasteiger partial charge in [-0.3, -0.25) is 0 Å². The van der Waals surface area contributed by atoms with E-state index in [-0.39, 0.29) is 22.8 Å². The number of esters is 3. The molecule has 2 aliphatic heterocycles. The first-order valence-corrected chi connectivity index (χ1v) is 24.2. The van der Waals surface area contributed by atoms with Gasteiger partial charge in [0.1, 0.15) is 29.1 Å². The molecule has 2 aliphatic carbocycles. The fraction of sp³-hybridized carbons (Fsp3) is 0.250. The summed E-state index contributed by atoms with van der Waals surface area (Å²) in [4.78, 5) is 43.6. The number of anilines is 2. The third kappa shape index (κ3) is 9.09. The van der Waals surface area contributed by atoms with Gasteiger partial charge in [-0.15, -0.1) is 0 Å². The van der Waals surface area contributed by atoms with Gasteiger partial charge in [-0.1, -0.05) is 82.5 Å². The smallest absolute Gasteiger partial charge is 0.343 e. The predicted molar refractivity (Wildman–Crippen MR) is 272 cm³/mol. The maximum absolute atomic E-state index is 13.2. The highest BCUT2D eigenvalue weighted by atomic mass is 16.5. The van der Waals surface area contributed by atoms with Crippen molar-refractivity contribution >= 4 is 34.9 Å². The van der Waals surface area contributed by atoms with E-state index in [1.54, 1.807) is 74.0 Å². The van der Waals surface area contributed by atoms with E-state index in [0.717, 1.165) is 61.7 Å². The monoisotopic (exact) mass is 932 g/mol. The van der Waals surface area contributed by atoms with Crippen molar-refractivity contribution in [1.82, 2.24) is 0 Å². The maximum Gasteiger partial charge on any atom is 0.343 e. The number of piperazine rings is 1. The molecule has 6 aromatic rings. The second-order valence-electron chi connectivity index (χ2n) is 18.7. The summed E-state index contributed by atoms with van der Waals surface area (Å²) < 4.78 is 29.3. The van der Waals surface area contributed by atoms with Crippen LogP contribution in [0.25, 0.3) is 5.57 Å². The summed E-state index contributed by atoms with van der Waals surface area (Å²) in [7, 11) is 1.74. The Morgan fingerprint density at radius 3 is 1.79 bits per heavy atom. The number of rotatable bonds is 14. The highest BCUT2D eigenvalue weighted by molar-refractivity contribution is 5.97. The van der Waals surface area contributed by atoms with Crippen LogP contribution in [0.5, 0.6) is 23.0 Å². The minimum absolute atomic E-state index is 0.174. The molecular formula is C60H56N2O8. The summed E-state index contributed by atoms with van der Waals surface area (Å²) >= 11 is 0. The van der Waals surface area contributed by atoms with Gasteiger partial charge in [-0.05, 0) is 149 Å². The number of carbonyl (C=O) groups excluding carboxylic acids is 3. The van der Waals surface area contributed by atoms with Crippen LogP contribution < -0.4 is 28.7 Å². The topological polar surface area (TPSA) is 104 Å². The van der Waals surface area contributed by atoms with Crippen LogP contribution in [0, 0.1) is 0 Å². The molecule has 70 heavy (non-hydrogen) atoms. The summed E-state index contributed by atoms with van der Waals surface area (Å²) in [6, 6.07) is 40.7. The van der Waals surface area contributed by atoms with Gasteiger partial charge in [0.05, 0.1) is 35.7 Å². The molecule has 354 valence electrons. The molecule has 0 bridgehead atoms. The van der Waals surface area contributed by atoms with Crippen LogP contribution in [0.3, 0.4) is 0 Å². The Hall–Kier alpha value is -7.85. The second kappa shape index (κ2) is 19.6. The summed E-state index contributed by atoms with van der Waals surface area (Å²) in [6.45, 7) is 9.99. The van der Waals surface area contributed by atoms with E-state index in [2.05, 4.69) is 73.0 Å². The number of aryl methyl sites for hydroxylation is 1. The quantitative estimate of drug-likeness (QED) is 0.0596. The van der Waals surface area contributed by atoms with E-state index in [0.29, 0.717) is 22.6 Å². The number of nitrogens with zero attached hydrogens (tertiary/aromatic N) is 2. The van der Waals surface area contributed by atoms with Crippen molar-refractivity contribution in [1.29, 1.82) is 0 Å². The lowest BCUT2D eigenvalue weighted by molar-refractivity contribution is 0.0725. The fourth-order valence-electron chi connectivity index (χ4n) is 10.2. The highest BCUT2D eigenvalue weighted by Crippen LogP contribution is 2.59. The third-order valence-corrected chi connectivity index (χ3v) is 13.9. The number of carbonyl (C=O) groups is 3. The van der Waals surface area contributed by atoms with Crippen LogP contribution in [0.15, 0.2) is 163 Å². The Bertz CT molecular complexity index is 3030. The van der Waals surface area contributed by atoms with Gasteiger partial charge in [-0.25, -0.2) is 14.4 Å². The molecule has 10 rings (SSSR count). The number of fused-ring (bicyclic) bond motifs is 7. The zero-order chi connectivity index (χ0) is 48.4. The van der Waals surface area contributed by atoms with Crippen molar-refractivity contribution in [3.63, 3.8) is 0 Å². The zero-order valence-electron chi connectivity index (χ0n) is 40.0. The predicted octanol–water partition coefficient (Wildman–Crippen LogP) is 12.4. The molecule has 10 heteroatoms. The molecule has 0 amide bonds. The first-order chi connectivity index (χ1) is 34.1. The SMILES string of the molecule is CCCCCCc1ccc(C(=O)Oc2ccc(C(=O)Oc3ccc(C(=O)Oc4ccc(N5CCN(c6cc7c(cc6OC)C6OC=CC=C6C6=C7c7ccccc7C6(C)C)CC5)cc4)cc3)cc2)cc1. The summed E-state index contributed by atoms with van der Waals surface area (Å²) in [5, 5.41) is 0. The minimum atomic E-state index is -0.595. The van der Waals surface area contributed by atoms with Gasteiger partial charge in [0, 0.05) is 48.4 Å². The summed E-state index contributed by atoms with van der Waals surface area (Å²) in [5.74, 6) is 0.219. The van der Waals surface area contributed by atoms with Crippen LogP contribution in [-0.2, 0) is 16.6 Å². The van der Waals surface area contributed by atoms with Crippen molar-refractivity contribution in [2.45, 2.75) is 64.4 Å². The summed E-state index contributed by atoms with van der Waals surface area (Å²) in [6.07, 6.45) is 11.5. The van der Waals surface area contributed by atoms with Crippen molar-refractivity contribution in [3.8, 4) is 23.0 Å². The van der Waals surface area contributed by atoms with Crippen molar-refractivity contribution in [2.24, 2.45) is 0 Å². The van der Waals surface area contributed by atoms with Gasteiger partial charge >= 0.3 is 17.9 Å². The molecule has 0 radical (unpaired) electrons. The molecule has 0 aromatic heterocycles. The van der Waals surface area contributed by atoms with Crippen LogP contribution in [0.2, 0.25) is 0 Å². The molecule has 1 atom stereocenters. The molecule has 1 saturated heterocycles. The van der Waals surface area contributed by atoms with Crippen LogP contribution >= 0.6 is 0 Å². The van der Waals surface area contributed by atoms with E-state index in [9.17, 15) is 14.4 Å². The van der Waals surface area contributed by atoms with Crippen molar-refractivity contribution in [2.75, 3.05) is 43.1 Å². The van der Waals surface area contributed by atoms with Gasteiger partial charge < -0.3 is 33.5 Å². The lowest BCUT2D eigenvalue weighted by atomic mass is 9.72. The molecule has 0 spiro atoms. The first-order valence-electron chi connectivity index (χ1n) is 24.2. The second-order valence-corrected chi connectivity index (χ2v) is 18.7. The van der Waals surface area contributed by atoms with E-state index < -0.39 is 17.9 Å². The largest absolute Gasteiger partial charge is 0.495 e. The first kappa shape index (κ1) is 45.9. The van der Waals surface area contributed by atoms with Crippen LogP contribution in [0.1, 0.15) is 111 Å². The standard InChI is InChI=1S/C60H56N2O8/c1-5-6-7-8-12-39-16-18-40(19-17-39)57(63)68-44-26-20-41(21-27-44)58(64)69-45-28-22-42(23-29-45)59(65)70-46-30-24-43(25-31-46)61-32-34-62(35-33-61)52-37-49-50(38-53(52)66-4)56-48(14-11-36-67-56)55-54(49)47-13-9-10-15-51(47)60(55,2)3/h9-11,13-31,36-38,56H,5-8,12,32-35H2,1-4H3. The maximum atomic E-state index is 13.2. The molecule has 4 aliphatic rings. The van der Waals surface area contributed by atoms with Gasteiger partial charge in [0.15, 0.2) is 0 Å². The number of allylic oxidation sites excluding steroid dienone is 2. The van der Waals surface area contributed by atoms with E-state index >= 15 is 0 Å². The average Bonchev–Trinajstić information content (AvgIpc) is 3.64. The number of benzene rings is 6. The number of hydrogen-bond donors (Lipinski definition) is 0. The minimum Gasteiger partial charge on any atom is -0.495 e. The van der Waals surface area contributed by atoms with Crippen molar-refractivity contribution in [3.05, 3.63) is 208 Å². The summed E-state index contributed by atoms with van der Waals surface area (Å²) in [5.41, 5.74) is 12.9. The normalized spacial score (nSPS) is 16.2. The fourth-order valence-corrected chi connectivity index (χ4v) is 10.2. The molecule has 2 heterocycles. The van der Waals surface area contributed by atoms with Crippen molar-refractivity contribution < 1.29 is 38.1 Å². The molecule has 10 nitrogen and oxygen atoms in total. The van der Waals surface area contributed by atoms with Gasteiger partial charge in [0.2, 0.25) is 0 Å². The van der Waals surface area contributed by atoms with Crippen LogP contribution in [0.4, 0.5) is 11.4 Å². The Morgan fingerprint density at radius 1 is 0.643 bits per heavy atom. The third-order valence-electron chi connectivity index (χ3n) is 13.9. The van der Waals surface area contributed by atoms with Crippen LogP contribution in [-0.4, -0.2) is 51.2 Å². The number of ether oxygens (including phenoxy) is 5. The van der Waals surface area contributed by atoms with E-state index in [4.69, 9.17) is 23.7 Å². The number of methoxy groups -OCH3 is 1. The Balaban J connectivity index is 0.725. The number of unbranched alkanes of at least 4 members (excludes halogenated alkanes) is 3. The Labute approximate surface area is 409 Å². The molecule has 0 N–H and O–H groups in total. The van der Waals surface area contributed by atoms with E-state index in [1.165, 1.54) is 70.4 Å². The average molecular weight is 933 g/mol. The Kier molecular flexibility index (Phi) is 12.9. The molecular weight excluding hydrogens is 877 g/mol. The van der Waals surface area contributed by atoms with Gasteiger partial charge in [0.25, 0.3) is 0 Å². The number of hydrogen-bond acceptors (Lipinski definition) is 10. The van der Waals surface area contributed by atoms with Gasteiger partial charge in [-0.2, -0.15) is 0 Å². The lowest BCUT2D eigenvalue weighted by Gasteiger charge is -2.39. The zero-order valence-corrected chi connectivity index (χ0v) is 40.0. The van der Waals surface area contributed by atoms with E-state index in [1.807, 2.05) is 30.3 Å². The molecule has 0 saturated carbocycles. The molecule has 6 aromatic carbocycles. The highest BCUT2D eigenvalue weighted by Gasteiger charge is 2.46. The molecule has 1 unspecified atom stereocenters. The Morgan fingerprint density at radius 2 is 1.20 bits per heavy atom.